The van der Waals surface area contributed by atoms with E-state index in [1.54, 1.807) is 50.5 Å². The number of carbonyl (C=O) groups is 2. The predicted octanol–water partition coefficient (Wildman–Crippen LogP) is 3.76. The van der Waals surface area contributed by atoms with Gasteiger partial charge in [-0.25, -0.2) is 0 Å². The molecule has 1 amide bonds. The van der Waals surface area contributed by atoms with Crippen molar-refractivity contribution in [2.45, 2.75) is 19.4 Å². The van der Waals surface area contributed by atoms with Gasteiger partial charge in [0, 0.05) is 37.4 Å². The number of hydrogen-bond acceptors (Lipinski definition) is 5. The molecule has 3 rings (SSSR count). The fourth-order valence-corrected chi connectivity index (χ4v) is 4.22. The summed E-state index contributed by atoms with van der Waals surface area (Å²) in [6, 6.07) is 14.5. The minimum Gasteiger partial charge on any atom is -0.497 e. The van der Waals surface area contributed by atoms with Gasteiger partial charge in [0.05, 0.1) is 32.2 Å². The first-order chi connectivity index (χ1) is 14.5. The molecular formula is C24H29NO5. The summed E-state index contributed by atoms with van der Waals surface area (Å²) >= 11 is 0. The highest BCUT2D eigenvalue weighted by atomic mass is 16.5. The summed E-state index contributed by atoms with van der Waals surface area (Å²) in [4.78, 5) is 28.5. The average Bonchev–Trinajstić information content (AvgIpc) is 3.11. The summed E-state index contributed by atoms with van der Waals surface area (Å²) in [7, 11) is 4.71. The van der Waals surface area contributed by atoms with Gasteiger partial charge in [-0.2, -0.15) is 0 Å². The van der Waals surface area contributed by atoms with E-state index in [0.29, 0.717) is 30.2 Å². The smallest absolute Gasteiger partial charge is 0.229 e. The SMILES string of the molecule is CCCN1C[C@@H](C(=O)c2ccccc2)[C@H](C(OC)c2ccc(OC)cc2OC)C1=O. The number of amides is 1. The van der Waals surface area contributed by atoms with Gasteiger partial charge < -0.3 is 19.1 Å². The summed E-state index contributed by atoms with van der Waals surface area (Å²) < 4.78 is 16.7. The maximum Gasteiger partial charge on any atom is 0.229 e. The molecule has 30 heavy (non-hydrogen) atoms. The Morgan fingerprint density at radius 3 is 2.43 bits per heavy atom. The second kappa shape index (κ2) is 9.76. The Hall–Kier alpha value is -2.86. The van der Waals surface area contributed by atoms with E-state index in [1.165, 1.54) is 0 Å². The molecule has 0 aromatic heterocycles. The first kappa shape index (κ1) is 21.8. The molecule has 2 aromatic rings. The number of hydrogen-bond donors (Lipinski definition) is 0. The Morgan fingerprint density at radius 1 is 1.10 bits per heavy atom. The van der Waals surface area contributed by atoms with Gasteiger partial charge in [-0.3, -0.25) is 9.59 Å². The monoisotopic (exact) mass is 411 g/mol. The molecule has 1 heterocycles. The molecule has 6 nitrogen and oxygen atoms in total. The Morgan fingerprint density at radius 2 is 1.83 bits per heavy atom. The molecule has 0 saturated carbocycles. The lowest BCUT2D eigenvalue weighted by Gasteiger charge is -2.27. The van der Waals surface area contributed by atoms with Gasteiger partial charge in [0.25, 0.3) is 0 Å². The van der Waals surface area contributed by atoms with Crippen molar-refractivity contribution in [2.24, 2.45) is 11.8 Å². The molecule has 0 bridgehead atoms. The molecule has 1 saturated heterocycles. The number of carbonyl (C=O) groups excluding carboxylic acids is 2. The van der Waals surface area contributed by atoms with Crippen LogP contribution in [0.2, 0.25) is 0 Å². The Bertz CT molecular complexity index is 882. The minimum atomic E-state index is -0.628. The molecule has 0 spiro atoms. The number of likely N-dealkylation sites (tertiary alicyclic amines) is 1. The lowest BCUT2D eigenvalue weighted by atomic mass is 9.81. The minimum absolute atomic E-state index is 0.0397. The molecular weight excluding hydrogens is 382 g/mol. The van der Waals surface area contributed by atoms with Crippen molar-refractivity contribution in [1.29, 1.82) is 0 Å². The Balaban J connectivity index is 2.03. The third-order valence-corrected chi connectivity index (χ3v) is 5.66. The Kier molecular flexibility index (Phi) is 7.11. The largest absolute Gasteiger partial charge is 0.497 e. The first-order valence-corrected chi connectivity index (χ1v) is 10.2. The van der Waals surface area contributed by atoms with Crippen LogP contribution < -0.4 is 9.47 Å². The van der Waals surface area contributed by atoms with E-state index < -0.39 is 17.9 Å². The lowest BCUT2D eigenvalue weighted by molar-refractivity contribution is -0.135. The van der Waals surface area contributed by atoms with Crippen LogP contribution in [-0.2, 0) is 9.53 Å². The number of Topliss-reactive ketones (excluding diaryl/α,β-unsaturated/α-hetero) is 1. The Labute approximate surface area is 177 Å². The standard InChI is InChI=1S/C24H29NO5/c1-5-13-25-15-19(22(26)16-9-7-6-8-10-16)21(24(25)27)23(30-4)18-12-11-17(28-2)14-20(18)29-3/h6-12,14,19,21,23H,5,13,15H2,1-4H3/t19-,21-,23?/m1/s1. The second-order valence-corrected chi connectivity index (χ2v) is 7.41. The van der Waals surface area contributed by atoms with Gasteiger partial charge in [-0.15, -0.1) is 0 Å². The van der Waals surface area contributed by atoms with Gasteiger partial charge in [0.2, 0.25) is 5.91 Å². The van der Waals surface area contributed by atoms with E-state index >= 15 is 0 Å². The van der Waals surface area contributed by atoms with Crippen molar-refractivity contribution in [2.75, 3.05) is 34.4 Å². The van der Waals surface area contributed by atoms with Crippen LogP contribution >= 0.6 is 0 Å². The van der Waals surface area contributed by atoms with Crippen LogP contribution in [0.25, 0.3) is 0 Å². The molecule has 1 unspecified atom stereocenters. The third-order valence-electron chi connectivity index (χ3n) is 5.66. The zero-order chi connectivity index (χ0) is 21.7. The van der Waals surface area contributed by atoms with Gasteiger partial charge in [0.1, 0.15) is 11.5 Å². The maximum absolute atomic E-state index is 13.4. The van der Waals surface area contributed by atoms with Crippen molar-refractivity contribution in [3.8, 4) is 11.5 Å². The number of ether oxygens (including phenoxy) is 3. The fraction of sp³-hybridized carbons (Fsp3) is 0.417. The summed E-state index contributed by atoms with van der Waals surface area (Å²) in [6.45, 7) is 3.03. The van der Waals surface area contributed by atoms with E-state index in [4.69, 9.17) is 14.2 Å². The van der Waals surface area contributed by atoms with E-state index in [9.17, 15) is 9.59 Å². The number of benzene rings is 2. The zero-order valence-electron chi connectivity index (χ0n) is 18.0. The second-order valence-electron chi connectivity index (χ2n) is 7.41. The number of nitrogens with zero attached hydrogens (tertiary/aromatic N) is 1. The van der Waals surface area contributed by atoms with E-state index in [2.05, 4.69) is 0 Å². The summed E-state index contributed by atoms with van der Waals surface area (Å²) in [6.07, 6.45) is 0.215. The molecule has 3 atom stereocenters. The molecule has 1 fully saturated rings. The van der Waals surface area contributed by atoms with Crippen molar-refractivity contribution < 1.29 is 23.8 Å². The normalized spacial score (nSPS) is 19.6. The van der Waals surface area contributed by atoms with E-state index in [0.717, 1.165) is 12.0 Å². The van der Waals surface area contributed by atoms with Crippen LogP contribution in [-0.4, -0.2) is 51.0 Å². The van der Waals surface area contributed by atoms with E-state index in [-0.39, 0.29) is 11.7 Å². The highest BCUT2D eigenvalue weighted by Crippen LogP contribution is 2.42. The molecule has 0 radical (unpaired) electrons. The van der Waals surface area contributed by atoms with Gasteiger partial charge >= 0.3 is 0 Å². The van der Waals surface area contributed by atoms with Crippen LogP contribution in [0.4, 0.5) is 0 Å². The van der Waals surface area contributed by atoms with Crippen LogP contribution in [0, 0.1) is 11.8 Å². The average molecular weight is 411 g/mol. The highest BCUT2D eigenvalue weighted by Gasteiger charge is 2.49. The quantitative estimate of drug-likeness (QED) is 0.588. The van der Waals surface area contributed by atoms with Gasteiger partial charge in [-0.05, 0) is 18.6 Å². The predicted molar refractivity (Wildman–Crippen MR) is 114 cm³/mol. The summed E-state index contributed by atoms with van der Waals surface area (Å²) in [5.74, 6) is -0.0146. The fourth-order valence-electron chi connectivity index (χ4n) is 4.22. The molecule has 6 heteroatoms. The van der Waals surface area contributed by atoms with Crippen LogP contribution in [0.15, 0.2) is 48.5 Å². The third kappa shape index (κ3) is 4.19. The summed E-state index contributed by atoms with van der Waals surface area (Å²) in [5, 5.41) is 0. The van der Waals surface area contributed by atoms with Crippen LogP contribution in [0.5, 0.6) is 11.5 Å². The van der Waals surface area contributed by atoms with Crippen molar-refractivity contribution in [3.05, 3.63) is 59.7 Å². The van der Waals surface area contributed by atoms with Crippen molar-refractivity contribution in [3.63, 3.8) is 0 Å². The maximum atomic E-state index is 13.4. The number of methoxy groups -OCH3 is 3. The topological polar surface area (TPSA) is 65.1 Å². The molecule has 0 N–H and O–H groups in total. The molecule has 1 aliphatic heterocycles. The number of ketones is 1. The molecule has 1 aliphatic rings. The summed E-state index contributed by atoms with van der Waals surface area (Å²) in [5.41, 5.74) is 1.33. The van der Waals surface area contributed by atoms with Crippen LogP contribution in [0.1, 0.15) is 35.4 Å². The van der Waals surface area contributed by atoms with Crippen molar-refractivity contribution >= 4 is 11.7 Å². The van der Waals surface area contributed by atoms with Crippen LogP contribution in [0.3, 0.4) is 0 Å². The van der Waals surface area contributed by atoms with E-state index in [1.807, 2.05) is 31.2 Å². The zero-order valence-corrected chi connectivity index (χ0v) is 18.0. The van der Waals surface area contributed by atoms with Crippen molar-refractivity contribution in [1.82, 2.24) is 4.90 Å². The van der Waals surface area contributed by atoms with Gasteiger partial charge in [-0.1, -0.05) is 37.3 Å². The first-order valence-electron chi connectivity index (χ1n) is 10.2. The molecule has 160 valence electrons. The number of rotatable bonds is 9. The van der Waals surface area contributed by atoms with Gasteiger partial charge in [0.15, 0.2) is 5.78 Å². The highest BCUT2D eigenvalue weighted by molar-refractivity contribution is 6.02. The molecule has 2 aromatic carbocycles. The lowest BCUT2D eigenvalue weighted by Crippen LogP contribution is -2.32. The molecule has 0 aliphatic carbocycles.